The zero-order chi connectivity index (χ0) is 11.8. The lowest BCUT2D eigenvalue weighted by atomic mass is 10.1. The average Bonchev–Trinajstić information content (AvgIpc) is 2.94. The second-order valence-electron chi connectivity index (χ2n) is 4.77. The van der Waals surface area contributed by atoms with Crippen LogP contribution in [0, 0.1) is 5.92 Å². The van der Waals surface area contributed by atoms with Gasteiger partial charge in [-0.3, -0.25) is 4.79 Å². The summed E-state index contributed by atoms with van der Waals surface area (Å²) in [6.45, 7) is 6.91. The van der Waals surface area contributed by atoms with Crippen LogP contribution < -0.4 is 5.32 Å². The van der Waals surface area contributed by atoms with Gasteiger partial charge in [0.2, 0.25) is 0 Å². The molecule has 1 N–H and O–H groups in total. The van der Waals surface area contributed by atoms with Crippen molar-refractivity contribution in [2.75, 3.05) is 19.6 Å². The summed E-state index contributed by atoms with van der Waals surface area (Å²) < 4.78 is 0. The molecule has 88 valence electrons. The van der Waals surface area contributed by atoms with Crippen molar-refractivity contribution in [1.82, 2.24) is 10.2 Å². The number of nitrogens with one attached hydrogen (secondary N) is 1. The summed E-state index contributed by atoms with van der Waals surface area (Å²) in [5.74, 6) is 0.669. The first-order chi connectivity index (χ1) is 8.27. The van der Waals surface area contributed by atoms with E-state index in [0.717, 1.165) is 42.9 Å². The molecule has 3 heteroatoms. The molecule has 2 aliphatic rings. The second-order valence-corrected chi connectivity index (χ2v) is 4.77. The fourth-order valence-electron chi connectivity index (χ4n) is 2.66. The highest BCUT2D eigenvalue weighted by molar-refractivity contribution is 6.08. The summed E-state index contributed by atoms with van der Waals surface area (Å²) in [6, 6.07) is 7.72. The van der Waals surface area contributed by atoms with Gasteiger partial charge in [-0.1, -0.05) is 24.8 Å². The summed E-state index contributed by atoms with van der Waals surface area (Å²) >= 11 is 0. The maximum atomic E-state index is 12.2. The molecule has 1 unspecified atom stereocenters. The molecule has 3 rings (SSSR count). The molecule has 0 saturated carbocycles. The Balaban J connectivity index is 1.84. The molecule has 1 aromatic rings. The fraction of sp³-hybridized carbons (Fsp3) is 0.357. The lowest BCUT2D eigenvalue weighted by molar-refractivity contribution is 0.0836. The molecule has 1 fully saturated rings. The molecule has 0 bridgehead atoms. The Morgan fingerprint density at radius 3 is 2.76 bits per heavy atom. The van der Waals surface area contributed by atoms with Crippen LogP contribution in [0.3, 0.4) is 0 Å². The minimum absolute atomic E-state index is 0.109. The van der Waals surface area contributed by atoms with Crippen LogP contribution in [0.25, 0.3) is 5.70 Å². The highest BCUT2D eigenvalue weighted by Crippen LogP contribution is 2.32. The van der Waals surface area contributed by atoms with Crippen molar-refractivity contribution >= 4 is 11.6 Å². The van der Waals surface area contributed by atoms with Gasteiger partial charge in [0.25, 0.3) is 5.91 Å². The number of amides is 1. The Labute approximate surface area is 101 Å². The molecule has 0 spiro atoms. The minimum atomic E-state index is 0.109. The van der Waals surface area contributed by atoms with Gasteiger partial charge in [0, 0.05) is 23.4 Å². The number of rotatable bonds is 2. The SMILES string of the molecule is C=C1c2ccccc2C(=O)N1CC1CCNC1. The largest absolute Gasteiger partial charge is 0.316 e. The third kappa shape index (κ3) is 1.67. The van der Waals surface area contributed by atoms with Crippen LogP contribution in [0.1, 0.15) is 22.3 Å². The van der Waals surface area contributed by atoms with Crippen LogP contribution >= 0.6 is 0 Å². The van der Waals surface area contributed by atoms with Gasteiger partial charge in [-0.2, -0.15) is 0 Å². The number of benzene rings is 1. The first-order valence-corrected chi connectivity index (χ1v) is 6.08. The molecule has 1 saturated heterocycles. The van der Waals surface area contributed by atoms with E-state index in [1.54, 1.807) is 0 Å². The van der Waals surface area contributed by atoms with Gasteiger partial charge in [0.15, 0.2) is 0 Å². The molecule has 0 aliphatic carbocycles. The van der Waals surface area contributed by atoms with E-state index in [0.29, 0.717) is 5.92 Å². The van der Waals surface area contributed by atoms with Crippen LogP contribution in [0.4, 0.5) is 0 Å². The second kappa shape index (κ2) is 4.00. The molecule has 1 amide bonds. The standard InChI is InChI=1S/C14H16N2O/c1-10-12-4-2-3-5-13(12)14(17)16(10)9-11-6-7-15-8-11/h2-5,11,15H,1,6-9H2. The van der Waals surface area contributed by atoms with Gasteiger partial charge in [-0.15, -0.1) is 0 Å². The third-order valence-electron chi connectivity index (χ3n) is 3.64. The first kappa shape index (κ1) is 10.5. The fourth-order valence-corrected chi connectivity index (χ4v) is 2.66. The van der Waals surface area contributed by atoms with E-state index in [2.05, 4.69) is 11.9 Å². The van der Waals surface area contributed by atoms with E-state index < -0.39 is 0 Å². The van der Waals surface area contributed by atoms with E-state index in [9.17, 15) is 4.79 Å². The van der Waals surface area contributed by atoms with Gasteiger partial charge < -0.3 is 10.2 Å². The van der Waals surface area contributed by atoms with Crippen LogP contribution in [-0.2, 0) is 0 Å². The first-order valence-electron chi connectivity index (χ1n) is 6.08. The average molecular weight is 228 g/mol. The summed E-state index contributed by atoms with van der Waals surface area (Å²) in [5, 5.41) is 3.33. The van der Waals surface area contributed by atoms with Crippen LogP contribution in [-0.4, -0.2) is 30.4 Å². The molecule has 2 aliphatic heterocycles. The predicted molar refractivity (Wildman–Crippen MR) is 67.5 cm³/mol. The molecular formula is C14H16N2O. The number of hydrogen-bond acceptors (Lipinski definition) is 2. The van der Waals surface area contributed by atoms with Crippen molar-refractivity contribution in [2.45, 2.75) is 6.42 Å². The topological polar surface area (TPSA) is 32.3 Å². The minimum Gasteiger partial charge on any atom is -0.316 e. The van der Waals surface area contributed by atoms with E-state index in [1.165, 1.54) is 0 Å². The number of carbonyl (C=O) groups is 1. The summed E-state index contributed by atoms with van der Waals surface area (Å²) in [6.07, 6.45) is 1.15. The smallest absolute Gasteiger partial charge is 0.258 e. The Hall–Kier alpha value is -1.61. The molecule has 3 nitrogen and oxygen atoms in total. The summed E-state index contributed by atoms with van der Waals surface area (Å²) in [4.78, 5) is 14.1. The zero-order valence-electron chi connectivity index (χ0n) is 9.78. The molecule has 0 radical (unpaired) electrons. The Morgan fingerprint density at radius 1 is 1.35 bits per heavy atom. The van der Waals surface area contributed by atoms with Gasteiger partial charge in [0.1, 0.15) is 0 Å². The maximum absolute atomic E-state index is 12.2. The molecule has 17 heavy (non-hydrogen) atoms. The van der Waals surface area contributed by atoms with Crippen molar-refractivity contribution in [2.24, 2.45) is 5.92 Å². The predicted octanol–water partition coefficient (Wildman–Crippen LogP) is 1.72. The monoisotopic (exact) mass is 228 g/mol. The zero-order valence-corrected chi connectivity index (χ0v) is 9.78. The summed E-state index contributed by atoms with van der Waals surface area (Å²) in [7, 11) is 0. The van der Waals surface area contributed by atoms with Gasteiger partial charge in [-0.05, 0) is 31.5 Å². The van der Waals surface area contributed by atoms with E-state index >= 15 is 0 Å². The van der Waals surface area contributed by atoms with Gasteiger partial charge in [0.05, 0.1) is 0 Å². The quantitative estimate of drug-likeness (QED) is 0.836. The number of hydrogen-bond donors (Lipinski definition) is 1. The van der Waals surface area contributed by atoms with Gasteiger partial charge in [-0.25, -0.2) is 0 Å². The third-order valence-corrected chi connectivity index (χ3v) is 3.64. The Kier molecular flexibility index (Phi) is 2.48. The van der Waals surface area contributed by atoms with Crippen LogP contribution in [0.5, 0.6) is 0 Å². The highest BCUT2D eigenvalue weighted by atomic mass is 16.2. The lowest BCUT2D eigenvalue weighted by Gasteiger charge is -2.21. The highest BCUT2D eigenvalue weighted by Gasteiger charge is 2.32. The molecule has 1 atom stereocenters. The number of carbonyl (C=O) groups excluding carboxylic acids is 1. The number of fused-ring (bicyclic) bond motifs is 1. The van der Waals surface area contributed by atoms with E-state index in [1.807, 2.05) is 29.2 Å². The van der Waals surface area contributed by atoms with Crippen molar-refractivity contribution in [3.8, 4) is 0 Å². The van der Waals surface area contributed by atoms with Crippen molar-refractivity contribution in [3.05, 3.63) is 42.0 Å². The normalized spacial score (nSPS) is 23.3. The molecule has 2 heterocycles. The van der Waals surface area contributed by atoms with Crippen molar-refractivity contribution < 1.29 is 4.79 Å². The number of nitrogens with zero attached hydrogens (tertiary/aromatic N) is 1. The van der Waals surface area contributed by atoms with Crippen LogP contribution in [0.2, 0.25) is 0 Å². The van der Waals surface area contributed by atoms with Crippen molar-refractivity contribution in [3.63, 3.8) is 0 Å². The van der Waals surface area contributed by atoms with Crippen molar-refractivity contribution in [1.29, 1.82) is 0 Å². The van der Waals surface area contributed by atoms with E-state index in [-0.39, 0.29) is 5.91 Å². The molecule has 1 aromatic carbocycles. The lowest BCUT2D eigenvalue weighted by Crippen LogP contribution is -2.30. The maximum Gasteiger partial charge on any atom is 0.258 e. The van der Waals surface area contributed by atoms with Gasteiger partial charge >= 0.3 is 0 Å². The molecule has 0 aromatic heterocycles. The van der Waals surface area contributed by atoms with E-state index in [4.69, 9.17) is 0 Å². The Morgan fingerprint density at radius 2 is 2.12 bits per heavy atom. The summed E-state index contributed by atoms with van der Waals surface area (Å²) in [5.41, 5.74) is 2.64. The molecular weight excluding hydrogens is 212 g/mol. The van der Waals surface area contributed by atoms with Crippen LogP contribution in [0.15, 0.2) is 30.8 Å². The Bertz CT molecular complexity index is 440.